The summed E-state index contributed by atoms with van der Waals surface area (Å²) in [5.74, 6) is 0.548. The van der Waals surface area contributed by atoms with E-state index in [2.05, 4.69) is 9.97 Å². The Balaban J connectivity index is 2.26. The molecule has 0 bridgehead atoms. The Kier molecular flexibility index (Phi) is 2.99. The molecule has 3 aromatic rings. The van der Waals surface area contributed by atoms with Crippen molar-refractivity contribution in [3.63, 3.8) is 0 Å². The summed E-state index contributed by atoms with van der Waals surface area (Å²) in [4.78, 5) is 31.4. The predicted octanol–water partition coefficient (Wildman–Crippen LogP) is 0.0860. The molecule has 0 atom stereocenters. The van der Waals surface area contributed by atoms with Crippen LogP contribution in [0.3, 0.4) is 0 Å². The second kappa shape index (κ2) is 4.71. The molecule has 7 heteroatoms. The molecular formula is C14H15N5O2. The Bertz CT molecular complexity index is 931. The lowest BCUT2D eigenvalue weighted by Crippen LogP contribution is -2.36. The minimum absolute atomic E-state index is 0.317. The van der Waals surface area contributed by atoms with Crippen LogP contribution in [0.5, 0.6) is 0 Å². The monoisotopic (exact) mass is 285 g/mol. The highest BCUT2D eigenvalue weighted by atomic mass is 16.2. The van der Waals surface area contributed by atoms with Gasteiger partial charge in [-0.2, -0.15) is 0 Å². The van der Waals surface area contributed by atoms with Crippen LogP contribution < -0.4 is 17.0 Å². The van der Waals surface area contributed by atoms with Crippen molar-refractivity contribution >= 4 is 11.2 Å². The number of aromatic amines is 1. The van der Waals surface area contributed by atoms with Crippen LogP contribution in [0.25, 0.3) is 22.6 Å². The number of imidazole rings is 1. The van der Waals surface area contributed by atoms with Crippen molar-refractivity contribution in [2.75, 3.05) is 0 Å². The molecule has 7 nitrogen and oxygen atoms in total. The molecule has 2 aromatic heterocycles. The van der Waals surface area contributed by atoms with E-state index in [1.807, 2.05) is 24.3 Å². The average molecular weight is 285 g/mol. The molecule has 0 spiro atoms. The van der Waals surface area contributed by atoms with Gasteiger partial charge in [0.1, 0.15) is 11.3 Å². The van der Waals surface area contributed by atoms with E-state index in [0.717, 1.165) is 15.7 Å². The van der Waals surface area contributed by atoms with Crippen molar-refractivity contribution in [1.29, 1.82) is 0 Å². The number of aromatic nitrogens is 4. The molecule has 0 aliphatic heterocycles. The molecule has 3 rings (SSSR count). The maximum atomic E-state index is 12.1. The van der Waals surface area contributed by atoms with Gasteiger partial charge in [-0.25, -0.2) is 9.78 Å². The summed E-state index contributed by atoms with van der Waals surface area (Å²) in [5.41, 5.74) is 7.29. The van der Waals surface area contributed by atoms with Gasteiger partial charge in [0.2, 0.25) is 0 Å². The normalized spacial score (nSPS) is 11.2. The molecule has 0 aliphatic carbocycles. The maximum absolute atomic E-state index is 12.1. The van der Waals surface area contributed by atoms with Crippen molar-refractivity contribution in [2.24, 2.45) is 19.8 Å². The van der Waals surface area contributed by atoms with Crippen molar-refractivity contribution in [2.45, 2.75) is 6.54 Å². The predicted molar refractivity (Wildman–Crippen MR) is 79.9 cm³/mol. The number of hydrogen-bond donors (Lipinski definition) is 2. The van der Waals surface area contributed by atoms with Gasteiger partial charge in [-0.05, 0) is 5.56 Å². The number of H-pyrrole nitrogens is 1. The zero-order valence-electron chi connectivity index (χ0n) is 11.8. The van der Waals surface area contributed by atoms with Crippen LogP contribution in [0, 0.1) is 0 Å². The second-order valence-corrected chi connectivity index (χ2v) is 4.89. The number of nitrogens with two attached hydrogens (primary N) is 1. The summed E-state index contributed by atoms with van der Waals surface area (Å²) in [6, 6.07) is 7.56. The van der Waals surface area contributed by atoms with E-state index < -0.39 is 5.69 Å². The minimum atomic E-state index is -0.399. The van der Waals surface area contributed by atoms with Crippen LogP contribution in [-0.2, 0) is 20.6 Å². The number of hydrogen-bond acceptors (Lipinski definition) is 4. The van der Waals surface area contributed by atoms with Gasteiger partial charge in [0.05, 0.1) is 0 Å². The van der Waals surface area contributed by atoms with E-state index in [4.69, 9.17) is 5.73 Å². The SMILES string of the molecule is Cn1c(=O)c2[nH]c(-c3ccc(CN)cc3)nc2n(C)c1=O. The summed E-state index contributed by atoms with van der Waals surface area (Å²) in [5, 5.41) is 0. The molecule has 3 N–H and O–H groups in total. The van der Waals surface area contributed by atoms with E-state index in [9.17, 15) is 9.59 Å². The van der Waals surface area contributed by atoms with Gasteiger partial charge in [0.25, 0.3) is 5.56 Å². The van der Waals surface area contributed by atoms with Crippen molar-refractivity contribution in [1.82, 2.24) is 19.1 Å². The quantitative estimate of drug-likeness (QED) is 0.697. The third-order valence-electron chi connectivity index (χ3n) is 3.56. The van der Waals surface area contributed by atoms with E-state index >= 15 is 0 Å². The molecule has 0 saturated carbocycles. The summed E-state index contributed by atoms with van der Waals surface area (Å²) in [7, 11) is 3.03. The first-order chi connectivity index (χ1) is 10.0. The second-order valence-electron chi connectivity index (χ2n) is 4.89. The van der Waals surface area contributed by atoms with Crippen LogP contribution in [0.15, 0.2) is 33.9 Å². The van der Waals surface area contributed by atoms with Gasteiger partial charge in [-0.3, -0.25) is 13.9 Å². The Labute approximate surface area is 119 Å². The van der Waals surface area contributed by atoms with Crippen LogP contribution >= 0.6 is 0 Å². The molecule has 2 heterocycles. The number of nitrogens with one attached hydrogen (secondary N) is 1. The summed E-state index contributed by atoms with van der Waals surface area (Å²) >= 11 is 0. The fraction of sp³-hybridized carbons (Fsp3) is 0.214. The first kappa shape index (κ1) is 13.3. The highest BCUT2D eigenvalue weighted by Gasteiger charge is 2.14. The standard InChI is InChI=1S/C14H15N5O2/c1-18-12-10(13(20)19(2)14(18)21)16-11(17-12)9-5-3-8(7-15)4-6-9/h3-6H,7,15H2,1-2H3,(H,16,17). The molecule has 0 unspecified atom stereocenters. The average Bonchev–Trinajstić information content (AvgIpc) is 2.96. The number of benzene rings is 1. The third-order valence-corrected chi connectivity index (χ3v) is 3.56. The lowest BCUT2D eigenvalue weighted by atomic mass is 10.1. The van der Waals surface area contributed by atoms with Crippen molar-refractivity contribution in [3.05, 3.63) is 50.7 Å². The molecule has 0 radical (unpaired) electrons. The zero-order chi connectivity index (χ0) is 15.1. The molecule has 0 saturated heterocycles. The Morgan fingerprint density at radius 3 is 2.43 bits per heavy atom. The van der Waals surface area contributed by atoms with Crippen LogP contribution in [0.4, 0.5) is 0 Å². The summed E-state index contributed by atoms with van der Waals surface area (Å²) < 4.78 is 2.41. The van der Waals surface area contributed by atoms with Gasteiger partial charge in [0.15, 0.2) is 5.65 Å². The first-order valence-electron chi connectivity index (χ1n) is 6.48. The summed E-state index contributed by atoms with van der Waals surface area (Å²) in [6.07, 6.45) is 0. The lowest BCUT2D eigenvalue weighted by Gasteiger charge is -2.00. The van der Waals surface area contributed by atoms with Gasteiger partial charge < -0.3 is 10.7 Å². The maximum Gasteiger partial charge on any atom is 0.332 e. The van der Waals surface area contributed by atoms with Gasteiger partial charge in [-0.15, -0.1) is 0 Å². The van der Waals surface area contributed by atoms with Crippen LogP contribution in [0.2, 0.25) is 0 Å². The Morgan fingerprint density at radius 1 is 1.14 bits per heavy atom. The molecule has 108 valence electrons. The van der Waals surface area contributed by atoms with Crippen molar-refractivity contribution in [3.8, 4) is 11.4 Å². The van der Waals surface area contributed by atoms with Gasteiger partial charge >= 0.3 is 5.69 Å². The van der Waals surface area contributed by atoms with Crippen molar-refractivity contribution < 1.29 is 0 Å². The van der Waals surface area contributed by atoms with E-state index in [1.165, 1.54) is 11.6 Å². The van der Waals surface area contributed by atoms with Crippen LogP contribution in [0.1, 0.15) is 5.56 Å². The van der Waals surface area contributed by atoms with Gasteiger partial charge in [0, 0.05) is 26.2 Å². The largest absolute Gasteiger partial charge is 0.332 e. The summed E-state index contributed by atoms with van der Waals surface area (Å²) in [6.45, 7) is 0.468. The van der Waals surface area contributed by atoms with E-state index in [0.29, 0.717) is 23.5 Å². The molecule has 0 fully saturated rings. The van der Waals surface area contributed by atoms with E-state index in [-0.39, 0.29) is 5.56 Å². The minimum Gasteiger partial charge on any atom is -0.332 e. The Hall–Kier alpha value is -2.67. The fourth-order valence-electron chi connectivity index (χ4n) is 2.26. The smallest absolute Gasteiger partial charge is 0.332 e. The topological polar surface area (TPSA) is 98.7 Å². The highest BCUT2D eigenvalue weighted by molar-refractivity contribution is 5.75. The zero-order valence-corrected chi connectivity index (χ0v) is 11.8. The molecule has 0 aliphatic rings. The lowest BCUT2D eigenvalue weighted by molar-refractivity contribution is 0.709. The molecular weight excluding hydrogens is 270 g/mol. The number of nitrogens with zero attached hydrogens (tertiary/aromatic N) is 3. The third kappa shape index (κ3) is 1.98. The number of aryl methyl sites for hydroxylation is 1. The molecule has 21 heavy (non-hydrogen) atoms. The Morgan fingerprint density at radius 2 is 1.81 bits per heavy atom. The van der Waals surface area contributed by atoms with Crippen LogP contribution in [-0.4, -0.2) is 19.1 Å². The first-order valence-corrected chi connectivity index (χ1v) is 6.48. The van der Waals surface area contributed by atoms with E-state index in [1.54, 1.807) is 7.05 Å². The fourth-order valence-corrected chi connectivity index (χ4v) is 2.26. The highest BCUT2D eigenvalue weighted by Crippen LogP contribution is 2.18. The number of rotatable bonds is 2. The van der Waals surface area contributed by atoms with Gasteiger partial charge in [-0.1, -0.05) is 24.3 Å². The molecule has 1 aromatic carbocycles. The molecule has 0 amide bonds. The number of fused-ring (bicyclic) bond motifs is 1.